The maximum atomic E-state index is 14.4. The predicted octanol–water partition coefficient (Wildman–Crippen LogP) is 4.79. The number of benzene rings is 3. The third-order valence-corrected chi connectivity index (χ3v) is 7.59. The Morgan fingerprint density at radius 2 is 1.59 bits per heavy atom. The van der Waals surface area contributed by atoms with Crippen LogP contribution in [0.4, 0.5) is 14.5 Å². The number of halogens is 2. The number of carbonyl (C=O) groups excluding carboxylic acids is 1. The third kappa shape index (κ3) is 6.62. The molecule has 202 valence electrons. The standard InChI is InChI=1S/C31H32F2N4O2/c32-25-7-5-24(6-8-25)28-2-1-13-37(30-20-26(33)9-12-29(28)30)31(38)22-36-16-14-35(15-17-36)18-19-39-27-10-3-23(21-34)4-11-27/h3-12,20,28H,1-2,13-19,22H2. The summed E-state index contributed by atoms with van der Waals surface area (Å²) in [6.07, 6.45) is 1.58. The lowest BCUT2D eigenvalue weighted by molar-refractivity contribution is -0.120. The Morgan fingerprint density at radius 3 is 2.31 bits per heavy atom. The van der Waals surface area contributed by atoms with Crippen molar-refractivity contribution >= 4 is 11.6 Å². The summed E-state index contributed by atoms with van der Waals surface area (Å²) >= 11 is 0. The Balaban J connectivity index is 1.17. The second-order valence-corrected chi connectivity index (χ2v) is 10.1. The Labute approximate surface area is 228 Å². The number of fused-ring (bicyclic) bond motifs is 1. The van der Waals surface area contributed by atoms with Gasteiger partial charge in [0.1, 0.15) is 24.0 Å². The maximum absolute atomic E-state index is 14.4. The van der Waals surface area contributed by atoms with Gasteiger partial charge in [0, 0.05) is 45.2 Å². The predicted molar refractivity (Wildman–Crippen MR) is 146 cm³/mol. The summed E-state index contributed by atoms with van der Waals surface area (Å²) in [6.45, 7) is 5.35. The molecule has 0 aliphatic carbocycles. The highest BCUT2D eigenvalue weighted by Crippen LogP contribution is 2.39. The van der Waals surface area contributed by atoms with Gasteiger partial charge in [-0.15, -0.1) is 0 Å². The molecule has 1 unspecified atom stereocenters. The largest absolute Gasteiger partial charge is 0.492 e. The van der Waals surface area contributed by atoms with Crippen LogP contribution >= 0.6 is 0 Å². The number of carbonyl (C=O) groups is 1. The molecule has 5 rings (SSSR count). The third-order valence-electron chi connectivity index (χ3n) is 7.59. The van der Waals surface area contributed by atoms with Gasteiger partial charge in [-0.1, -0.05) is 18.2 Å². The monoisotopic (exact) mass is 530 g/mol. The van der Waals surface area contributed by atoms with Crippen molar-refractivity contribution in [2.45, 2.75) is 18.8 Å². The number of amides is 1. The highest BCUT2D eigenvalue weighted by Gasteiger charge is 2.29. The number of nitriles is 1. The molecule has 0 radical (unpaired) electrons. The van der Waals surface area contributed by atoms with Gasteiger partial charge in [-0.3, -0.25) is 14.6 Å². The van der Waals surface area contributed by atoms with E-state index in [4.69, 9.17) is 10.00 Å². The lowest BCUT2D eigenvalue weighted by Crippen LogP contribution is -2.51. The molecular weight excluding hydrogens is 498 g/mol. The summed E-state index contributed by atoms with van der Waals surface area (Å²) in [4.78, 5) is 19.7. The van der Waals surface area contributed by atoms with Crippen LogP contribution in [-0.2, 0) is 4.79 Å². The minimum absolute atomic E-state index is 0.0194. The number of rotatable bonds is 7. The molecule has 3 aromatic rings. The second-order valence-electron chi connectivity index (χ2n) is 10.1. The van der Waals surface area contributed by atoms with Gasteiger partial charge in [0.15, 0.2) is 0 Å². The number of hydrogen-bond donors (Lipinski definition) is 0. The molecule has 2 aliphatic rings. The van der Waals surface area contributed by atoms with Gasteiger partial charge in [0.2, 0.25) is 5.91 Å². The number of ether oxygens (including phenoxy) is 1. The van der Waals surface area contributed by atoms with Crippen LogP contribution in [0.5, 0.6) is 5.75 Å². The van der Waals surface area contributed by atoms with Crippen molar-refractivity contribution < 1.29 is 18.3 Å². The van der Waals surface area contributed by atoms with Crippen LogP contribution in [0.2, 0.25) is 0 Å². The summed E-state index contributed by atoms with van der Waals surface area (Å²) in [6, 6.07) is 20.3. The summed E-state index contributed by atoms with van der Waals surface area (Å²) in [7, 11) is 0. The van der Waals surface area contributed by atoms with Crippen molar-refractivity contribution in [1.82, 2.24) is 9.80 Å². The molecule has 0 aromatic heterocycles. The van der Waals surface area contributed by atoms with Crippen LogP contribution in [0.25, 0.3) is 0 Å². The molecule has 0 bridgehead atoms. The molecule has 0 N–H and O–H groups in total. The van der Waals surface area contributed by atoms with E-state index in [0.717, 1.165) is 62.4 Å². The molecular formula is C31H32F2N4O2. The first-order chi connectivity index (χ1) is 19.0. The zero-order valence-corrected chi connectivity index (χ0v) is 21.9. The normalized spacial score (nSPS) is 18.2. The van der Waals surface area contributed by atoms with Gasteiger partial charge in [0.25, 0.3) is 0 Å². The van der Waals surface area contributed by atoms with Crippen LogP contribution in [0.15, 0.2) is 66.7 Å². The number of hydrogen-bond acceptors (Lipinski definition) is 5. The molecule has 0 spiro atoms. The minimum atomic E-state index is -0.372. The average Bonchev–Trinajstić information content (AvgIpc) is 3.14. The smallest absolute Gasteiger partial charge is 0.241 e. The highest BCUT2D eigenvalue weighted by atomic mass is 19.1. The molecule has 0 saturated carbocycles. The van der Waals surface area contributed by atoms with Crippen LogP contribution in [0, 0.1) is 23.0 Å². The SMILES string of the molecule is N#Cc1ccc(OCCN2CCN(CC(=O)N3CCCC(c4ccc(F)cc4)c4ccc(F)cc43)CC2)cc1. The highest BCUT2D eigenvalue weighted by molar-refractivity contribution is 5.96. The summed E-state index contributed by atoms with van der Waals surface area (Å²) < 4.78 is 33.7. The molecule has 1 saturated heterocycles. The fourth-order valence-corrected chi connectivity index (χ4v) is 5.44. The lowest BCUT2D eigenvalue weighted by atomic mass is 9.87. The van der Waals surface area contributed by atoms with E-state index in [9.17, 15) is 13.6 Å². The van der Waals surface area contributed by atoms with Crippen molar-refractivity contribution in [1.29, 1.82) is 5.26 Å². The summed E-state index contributed by atoms with van der Waals surface area (Å²) in [5.74, 6) is 0.0351. The molecule has 2 aliphatic heterocycles. The van der Waals surface area contributed by atoms with E-state index in [2.05, 4.69) is 15.9 Å². The molecule has 39 heavy (non-hydrogen) atoms. The van der Waals surface area contributed by atoms with Crippen molar-refractivity contribution in [2.24, 2.45) is 0 Å². The molecule has 8 heteroatoms. The number of anilines is 1. The van der Waals surface area contributed by atoms with Crippen molar-refractivity contribution in [3.05, 3.63) is 95.1 Å². The van der Waals surface area contributed by atoms with E-state index in [1.54, 1.807) is 47.4 Å². The molecule has 1 fully saturated rings. The minimum Gasteiger partial charge on any atom is -0.492 e. The van der Waals surface area contributed by atoms with Gasteiger partial charge in [0.05, 0.1) is 23.9 Å². The van der Waals surface area contributed by atoms with Gasteiger partial charge in [-0.25, -0.2) is 8.78 Å². The molecule has 6 nitrogen and oxygen atoms in total. The van der Waals surface area contributed by atoms with Crippen LogP contribution in [0.3, 0.4) is 0 Å². The Hall–Kier alpha value is -3.80. The first-order valence-corrected chi connectivity index (χ1v) is 13.4. The summed E-state index contributed by atoms with van der Waals surface area (Å²) in [5, 5.41) is 8.90. The fraction of sp³-hybridized carbons (Fsp3) is 0.355. The van der Waals surface area contributed by atoms with Gasteiger partial charge < -0.3 is 9.64 Å². The first kappa shape index (κ1) is 26.8. The molecule has 2 heterocycles. The first-order valence-electron chi connectivity index (χ1n) is 13.4. The van der Waals surface area contributed by atoms with Crippen LogP contribution in [-0.4, -0.2) is 68.1 Å². The molecule has 3 aromatic carbocycles. The second kappa shape index (κ2) is 12.4. The summed E-state index contributed by atoms with van der Waals surface area (Å²) in [5.41, 5.74) is 3.10. The molecule has 1 atom stereocenters. The van der Waals surface area contributed by atoms with E-state index in [0.29, 0.717) is 24.4 Å². The zero-order valence-electron chi connectivity index (χ0n) is 21.9. The van der Waals surface area contributed by atoms with Crippen molar-refractivity contribution in [2.75, 3.05) is 57.3 Å². The van der Waals surface area contributed by atoms with Crippen LogP contribution in [0.1, 0.15) is 35.4 Å². The van der Waals surface area contributed by atoms with E-state index in [1.165, 1.54) is 24.3 Å². The van der Waals surface area contributed by atoms with Gasteiger partial charge >= 0.3 is 0 Å². The topological polar surface area (TPSA) is 59.8 Å². The van der Waals surface area contributed by atoms with Crippen LogP contribution < -0.4 is 9.64 Å². The Bertz CT molecular complexity index is 1320. The lowest BCUT2D eigenvalue weighted by Gasteiger charge is -2.35. The van der Waals surface area contributed by atoms with E-state index < -0.39 is 0 Å². The number of piperazine rings is 1. The molecule has 1 amide bonds. The zero-order chi connectivity index (χ0) is 27.2. The van der Waals surface area contributed by atoms with E-state index >= 15 is 0 Å². The maximum Gasteiger partial charge on any atom is 0.241 e. The Kier molecular flexibility index (Phi) is 8.50. The average molecular weight is 531 g/mol. The Morgan fingerprint density at radius 1 is 0.897 bits per heavy atom. The fourth-order valence-electron chi connectivity index (χ4n) is 5.44. The van der Waals surface area contributed by atoms with E-state index in [-0.39, 0.29) is 30.0 Å². The number of nitrogens with zero attached hydrogens (tertiary/aromatic N) is 4. The quantitative estimate of drug-likeness (QED) is 0.440. The van der Waals surface area contributed by atoms with Gasteiger partial charge in [-0.2, -0.15) is 5.26 Å². The van der Waals surface area contributed by atoms with Crippen molar-refractivity contribution in [3.63, 3.8) is 0 Å². The van der Waals surface area contributed by atoms with Crippen molar-refractivity contribution in [3.8, 4) is 11.8 Å². The van der Waals surface area contributed by atoms with Gasteiger partial charge in [-0.05, 0) is 72.5 Å². The van der Waals surface area contributed by atoms with E-state index in [1.807, 2.05) is 0 Å².